The molecule has 0 atom stereocenters. The van der Waals surface area contributed by atoms with Crippen molar-refractivity contribution >= 4 is 23.5 Å². The van der Waals surface area contributed by atoms with E-state index in [0.717, 1.165) is 24.2 Å². The molecule has 1 aromatic rings. The number of nitrogens with one attached hydrogen (secondary N) is 2. The highest BCUT2D eigenvalue weighted by Crippen LogP contribution is 2.45. The lowest BCUT2D eigenvalue weighted by Crippen LogP contribution is -2.51. The molecule has 1 saturated carbocycles. The van der Waals surface area contributed by atoms with Gasteiger partial charge in [0.2, 0.25) is 5.91 Å². The van der Waals surface area contributed by atoms with Crippen LogP contribution in [0.3, 0.4) is 0 Å². The molecule has 1 aliphatic heterocycles. The van der Waals surface area contributed by atoms with E-state index in [4.69, 9.17) is 0 Å². The van der Waals surface area contributed by atoms with Gasteiger partial charge in [0.25, 0.3) is 5.91 Å². The smallest absolute Gasteiger partial charge is 0.324 e. The van der Waals surface area contributed by atoms with E-state index in [0.29, 0.717) is 30.0 Å². The molecule has 7 heteroatoms. The lowest BCUT2D eigenvalue weighted by molar-refractivity contribution is -0.135. The molecule has 0 radical (unpaired) electrons. The largest absolute Gasteiger partial charge is 0.325 e. The molecule has 0 bridgehead atoms. The van der Waals surface area contributed by atoms with E-state index in [-0.39, 0.29) is 17.9 Å². The van der Waals surface area contributed by atoms with Crippen LogP contribution < -0.4 is 10.6 Å². The first kappa shape index (κ1) is 21.3. The first-order valence-electron chi connectivity index (χ1n) is 10.3. The van der Waals surface area contributed by atoms with Crippen LogP contribution in [0.1, 0.15) is 58.4 Å². The summed E-state index contributed by atoms with van der Waals surface area (Å²) in [5, 5.41) is 5.44. The Morgan fingerprint density at radius 1 is 1.31 bits per heavy atom. The fraction of sp³-hybridized carbons (Fsp3) is 0.591. The maximum absolute atomic E-state index is 13.4. The molecule has 1 aliphatic carbocycles. The molecule has 0 aromatic heterocycles. The topological polar surface area (TPSA) is 78.5 Å². The summed E-state index contributed by atoms with van der Waals surface area (Å²) in [6.07, 6.45) is 3.99. The van der Waals surface area contributed by atoms with Crippen molar-refractivity contribution in [1.82, 2.24) is 10.2 Å². The quantitative estimate of drug-likeness (QED) is 0.730. The van der Waals surface area contributed by atoms with Crippen LogP contribution in [0, 0.1) is 24.1 Å². The van der Waals surface area contributed by atoms with Crippen molar-refractivity contribution in [2.75, 3.05) is 11.9 Å². The molecular weight excluding hydrogens is 373 g/mol. The van der Waals surface area contributed by atoms with Gasteiger partial charge >= 0.3 is 6.03 Å². The van der Waals surface area contributed by atoms with Gasteiger partial charge in [0, 0.05) is 5.69 Å². The van der Waals surface area contributed by atoms with Crippen molar-refractivity contribution < 1.29 is 18.8 Å². The van der Waals surface area contributed by atoms with E-state index in [1.54, 1.807) is 13.0 Å². The molecule has 1 aromatic carbocycles. The van der Waals surface area contributed by atoms with Gasteiger partial charge in [-0.1, -0.05) is 33.3 Å². The van der Waals surface area contributed by atoms with Gasteiger partial charge in [-0.3, -0.25) is 14.5 Å². The fourth-order valence-corrected chi connectivity index (χ4v) is 4.40. The summed E-state index contributed by atoms with van der Waals surface area (Å²) in [6.45, 7) is 8.03. The van der Waals surface area contributed by atoms with Gasteiger partial charge in [0.15, 0.2) is 0 Å². The minimum absolute atomic E-state index is 0.204. The van der Waals surface area contributed by atoms with Crippen LogP contribution in [-0.2, 0) is 9.59 Å². The predicted octanol–water partition coefficient (Wildman–Crippen LogP) is 3.99. The lowest BCUT2D eigenvalue weighted by Gasteiger charge is -2.42. The molecule has 0 unspecified atom stereocenters. The Hall–Kier alpha value is -2.44. The number of halogens is 1. The van der Waals surface area contributed by atoms with Gasteiger partial charge in [-0.15, -0.1) is 0 Å². The molecule has 2 N–H and O–H groups in total. The van der Waals surface area contributed by atoms with Crippen molar-refractivity contribution in [2.45, 2.75) is 65.3 Å². The molecule has 4 amide bonds. The molecule has 3 rings (SSSR count). The number of nitrogens with zero attached hydrogens (tertiary/aromatic N) is 1. The average Bonchev–Trinajstić information content (AvgIpc) is 2.89. The number of urea groups is 1. The van der Waals surface area contributed by atoms with Crippen molar-refractivity contribution in [3.05, 3.63) is 29.6 Å². The van der Waals surface area contributed by atoms with E-state index in [2.05, 4.69) is 31.4 Å². The zero-order valence-electron chi connectivity index (χ0n) is 17.6. The van der Waals surface area contributed by atoms with Crippen LogP contribution in [0.25, 0.3) is 0 Å². The van der Waals surface area contributed by atoms with Gasteiger partial charge in [-0.2, -0.15) is 0 Å². The third-order valence-electron chi connectivity index (χ3n) is 6.88. The molecule has 2 fully saturated rings. The van der Waals surface area contributed by atoms with Gasteiger partial charge in [0.05, 0.1) is 0 Å². The molecule has 1 heterocycles. The third-order valence-corrected chi connectivity index (χ3v) is 6.88. The number of carbonyl (C=O) groups excluding carboxylic acids is 3. The van der Waals surface area contributed by atoms with Gasteiger partial charge in [-0.25, -0.2) is 9.18 Å². The lowest BCUT2D eigenvalue weighted by atomic mass is 9.65. The Kier molecular flexibility index (Phi) is 5.70. The zero-order chi connectivity index (χ0) is 21.4. The Labute approximate surface area is 171 Å². The highest BCUT2D eigenvalue weighted by Gasteiger charge is 2.53. The molecular formula is C22H30FN3O3. The van der Waals surface area contributed by atoms with Gasteiger partial charge in [0.1, 0.15) is 17.9 Å². The second kappa shape index (κ2) is 7.76. The number of amides is 4. The highest BCUT2D eigenvalue weighted by atomic mass is 19.1. The van der Waals surface area contributed by atoms with Crippen LogP contribution in [0.5, 0.6) is 0 Å². The Morgan fingerprint density at radius 2 is 1.97 bits per heavy atom. The van der Waals surface area contributed by atoms with Crippen molar-refractivity contribution in [3.8, 4) is 0 Å². The maximum atomic E-state index is 13.4. The van der Waals surface area contributed by atoms with Crippen molar-refractivity contribution in [2.24, 2.45) is 11.3 Å². The van der Waals surface area contributed by atoms with Gasteiger partial charge < -0.3 is 10.6 Å². The Bertz CT molecular complexity index is 829. The molecule has 1 saturated heterocycles. The number of hydrogen-bond acceptors (Lipinski definition) is 3. The van der Waals surface area contributed by atoms with Crippen LogP contribution in [0.2, 0.25) is 0 Å². The molecule has 1 spiro atoms. The minimum Gasteiger partial charge on any atom is -0.324 e. The minimum atomic E-state index is -0.896. The number of hydrogen-bond donors (Lipinski definition) is 2. The van der Waals surface area contributed by atoms with E-state index in [9.17, 15) is 18.8 Å². The predicted molar refractivity (Wildman–Crippen MR) is 109 cm³/mol. The van der Waals surface area contributed by atoms with E-state index >= 15 is 0 Å². The average molecular weight is 403 g/mol. The second-order valence-electron chi connectivity index (χ2n) is 9.03. The van der Waals surface area contributed by atoms with Crippen LogP contribution in [0.15, 0.2) is 18.2 Å². The number of anilines is 1. The van der Waals surface area contributed by atoms with E-state index < -0.39 is 23.3 Å². The molecule has 6 nitrogen and oxygen atoms in total. The second-order valence-corrected chi connectivity index (χ2v) is 9.03. The summed E-state index contributed by atoms with van der Waals surface area (Å²) in [6, 6.07) is 3.55. The van der Waals surface area contributed by atoms with Crippen molar-refractivity contribution in [3.63, 3.8) is 0 Å². The normalized spacial score (nSPS) is 24.7. The third kappa shape index (κ3) is 4.14. The summed E-state index contributed by atoms with van der Waals surface area (Å²) in [7, 11) is 0. The molecule has 2 aliphatic rings. The standard InChI is InChI=1S/C22H30FN3O3/c1-5-21(3,4)15-8-10-22(11-9-15)19(28)26(20(29)25-22)13-18(27)24-17-12-16(23)7-6-14(17)2/h6-7,12,15H,5,8-11,13H2,1-4H3,(H,24,27)(H,25,29). The van der Waals surface area contributed by atoms with Crippen LogP contribution >= 0.6 is 0 Å². The summed E-state index contributed by atoms with van der Waals surface area (Å²) in [5.41, 5.74) is 0.339. The highest BCUT2D eigenvalue weighted by molar-refractivity contribution is 6.10. The number of aryl methyl sites for hydroxylation is 1. The molecule has 158 valence electrons. The number of benzene rings is 1. The summed E-state index contributed by atoms with van der Waals surface area (Å²) in [4.78, 5) is 38.9. The van der Waals surface area contributed by atoms with Crippen LogP contribution in [0.4, 0.5) is 14.9 Å². The summed E-state index contributed by atoms with van der Waals surface area (Å²) >= 11 is 0. The fourth-order valence-electron chi connectivity index (χ4n) is 4.40. The SMILES string of the molecule is CCC(C)(C)C1CCC2(CC1)NC(=O)N(CC(=O)Nc1cc(F)ccc1C)C2=O. The first-order valence-corrected chi connectivity index (χ1v) is 10.3. The van der Waals surface area contributed by atoms with Gasteiger partial charge in [-0.05, 0) is 61.6 Å². The zero-order valence-corrected chi connectivity index (χ0v) is 17.6. The van der Waals surface area contributed by atoms with Crippen LogP contribution in [-0.4, -0.2) is 34.8 Å². The molecule has 29 heavy (non-hydrogen) atoms. The van der Waals surface area contributed by atoms with Crippen molar-refractivity contribution in [1.29, 1.82) is 0 Å². The summed E-state index contributed by atoms with van der Waals surface area (Å²) < 4.78 is 13.4. The monoisotopic (exact) mass is 403 g/mol. The summed E-state index contributed by atoms with van der Waals surface area (Å²) in [5.74, 6) is -0.816. The number of imide groups is 1. The first-order chi connectivity index (χ1) is 13.6. The number of carbonyl (C=O) groups is 3. The van der Waals surface area contributed by atoms with E-state index in [1.165, 1.54) is 12.1 Å². The maximum Gasteiger partial charge on any atom is 0.325 e. The Balaban J connectivity index is 1.65. The Morgan fingerprint density at radius 3 is 2.59 bits per heavy atom. The van der Waals surface area contributed by atoms with E-state index in [1.807, 2.05) is 0 Å². The number of rotatable bonds is 5.